The van der Waals surface area contributed by atoms with Crippen LogP contribution in [0.2, 0.25) is 0 Å². The molecule has 0 aromatic carbocycles. The third kappa shape index (κ3) is 4.96. The van der Waals surface area contributed by atoms with Gasteiger partial charge in [-0.1, -0.05) is 29.8 Å². The Labute approximate surface area is 113 Å². The zero-order valence-electron chi connectivity index (χ0n) is 10.9. The zero-order chi connectivity index (χ0) is 12.7. The van der Waals surface area contributed by atoms with E-state index in [0.29, 0.717) is 6.61 Å². The molecule has 100 valence electrons. The van der Waals surface area contributed by atoms with Gasteiger partial charge in [-0.25, -0.2) is 0 Å². The minimum absolute atomic E-state index is 0.0208. The highest BCUT2D eigenvalue weighted by atomic mass is 79.9. The van der Waals surface area contributed by atoms with Crippen LogP contribution < -0.4 is 5.32 Å². The average Bonchev–Trinajstić information content (AvgIpc) is 2.33. The molecule has 1 aliphatic rings. The minimum Gasteiger partial charge on any atom is -0.372 e. The fraction of sp³-hybridized carbons (Fsp3) is 0.923. The summed E-state index contributed by atoms with van der Waals surface area (Å²) in [7, 11) is 0. The standard InChI is InChI=1S/C13H24BrNO2/c1-3-8-17-9-12(16)15-13(10-14)6-4-11(2)5-7-13/h11H,3-10H2,1-2H3,(H,15,16). The van der Waals surface area contributed by atoms with E-state index in [9.17, 15) is 4.79 Å². The molecule has 1 rings (SSSR count). The maximum atomic E-state index is 11.8. The molecule has 0 heterocycles. The van der Waals surface area contributed by atoms with Crippen LogP contribution in [0, 0.1) is 5.92 Å². The number of hydrogen-bond donors (Lipinski definition) is 1. The van der Waals surface area contributed by atoms with Gasteiger partial charge in [-0.2, -0.15) is 0 Å². The van der Waals surface area contributed by atoms with Crippen molar-refractivity contribution in [3.05, 3.63) is 0 Å². The van der Waals surface area contributed by atoms with E-state index in [1.165, 1.54) is 12.8 Å². The van der Waals surface area contributed by atoms with Crippen LogP contribution in [0.1, 0.15) is 46.0 Å². The zero-order valence-corrected chi connectivity index (χ0v) is 12.5. The number of ether oxygens (including phenoxy) is 1. The van der Waals surface area contributed by atoms with Crippen molar-refractivity contribution in [1.82, 2.24) is 5.32 Å². The summed E-state index contributed by atoms with van der Waals surface area (Å²) < 4.78 is 5.27. The number of hydrogen-bond acceptors (Lipinski definition) is 2. The maximum Gasteiger partial charge on any atom is 0.246 e. The van der Waals surface area contributed by atoms with Gasteiger partial charge in [0.1, 0.15) is 6.61 Å². The van der Waals surface area contributed by atoms with Crippen molar-refractivity contribution in [2.24, 2.45) is 5.92 Å². The molecule has 0 spiro atoms. The van der Waals surface area contributed by atoms with Crippen molar-refractivity contribution in [2.75, 3.05) is 18.5 Å². The first-order valence-corrected chi connectivity index (χ1v) is 7.69. The van der Waals surface area contributed by atoms with Crippen molar-refractivity contribution < 1.29 is 9.53 Å². The van der Waals surface area contributed by atoms with E-state index >= 15 is 0 Å². The summed E-state index contributed by atoms with van der Waals surface area (Å²) in [4.78, 5) is 11.8. The van der Waals surface area contributed by atoms with Gasteiger partial charge >= 0.3 is 0 Å². The van der Waals surface area contributed by atoms with Crippen LogP contribution in [0.15, 0.2) is 0 Å². The Balaban J connectivity index is 2.37. The van der Waals surface area contributed by atoms with E-state index in [4.69, 9.17) is 4.74 Å². The lowest BCUT2D eigenvalue weighted by Crippen LogP contribution is -2.53. The summed E-state index contributed by atoms with van der Waals surface area (Å²) in [5.41, 5.74) is -0.0425. The molecule has 1 fully saturated rings. The third-order valence-electron chi connectivity index (χ3n) is 3.47. The molecule has 0 bridgehead atoms. The molecule has 3 nitrogen and oxygen atoms in total. The molecular weight excluding hydrogens is 282 g/mol. The summed E-state index contributed by atoms with van der Waals surface area (Å²) in [5.74, 6) is 0.808. The van der Waals surface area contributed by atoms with Crippen LogP contribution in [0.3, 0.4) is 0 Å². The monoisotopic (exact) mass is 305 g/mol. The fourth-order valence-corrected chi connectivity index (χ4v) is 2.95. The van der Waals surface area contributed by atoms with Crippen molar-refractivity contribution >= 4 is 21.8 Å². The Morgan fingerprint density at radius 1 is 1.47 bits per heavy atom. The molecular formula is C13H24BrNO2. The smallest absolute Gasteiger partial charge is 0.246 e. The molecule has 0 unspecified atom stereocenters. The molecule has 17 heavy (non-hydrogen) atoms. The SMILES string of the molecule is CCCOCC(=O)NC1(CBr)CCC(C)CC1. The molecule has 0 aromatic heterocycles. The largest absolute Gasteiger partial charge is 0.372 e. The summed E-state index contributed by atoms with van der Waals surface area (Å²) in [6, 6.07) is 0. The predicted octanol–water partition coefficient (Wildman–Crippen LogP) is 2.87. The van der Waals surface area contributed by atoms with Gasteiger partial charge in [-0.15, -0.1) is 0 Å². The first kappa shape index (κ1) is 15.0. The first-order valence-electron chi connectivity index (χ1n) is 6.56. The fourth-order valence-electron chi connectivity index (χ4n) is 2.25. The highest BCUT2D eigenvalue weighted by Gasteiger charge is 2.34. The molecule has 1 amide bonds. The number of amides is 1. The lowest BCUT2D eigenvalue weighted by Gasteiger charge is -2.38. The normalized spacial score (nSPS) is 29.0. The Morgan fingerprint density at radius 2 is 2.12 bits per heavy atom. The van der Waals surface area contributed by atoms with Gasteiger partial charge in [0.15, 0.2) is 0 Å². The quantitative estimate of drug-likeness (QED) is 0.605. The van der Waals surface area contributed by atoms with Gasteiger partial charge in [0.2, 0.25) is 5.91 Å². The molecule has 0 aliphatic heterocycles. The molecule has 0 radical (unpaired) electrons. The molecule has 1 aliphatic carbocycles. The van der Waals surface area contributed by atoms with E-state index < -0.39 is 0 Å². The number of carbonyl (C=O) groups is 1. The van der Waals surface area contributed by atoms with Crippen molar-refractivity contribution in [3.8, 4) is 0 Å². The van der Waals surface area contributed by atoms with Crippen LogP contribution in [0.4, 0.5) is 0 Å². The molecule has 1 saturated carbocycles. The van der Waals surface area contributed by atoms with Gasteiger partial charge in [0, 0.05) is 17.5 Å². The molecule has 0 atom stereocenters. The summed E-state index contributed by atoms with van der Waals surface area (Å²) in [5, 5.41) is 3.99. The second kappa shape index (κ2) is 7.37. The minimum atomic E-state index is -0.0425. The lowest BCUT2D eigenvalue weighted by atomic mass is 9.78. The van der Waals surface area contributed by atoms with E-state index in [2.05, 4.69) is 28.2 Å². The van der Waals surface area contributed by atoms with Gasteiger partial charge in [-0.3, -0.25) is 4.79 Å². The first-order chi connectivity index (χ1) is 8.12. The highest BCUT2D eigenvalue weighted by molar-refractivity contribution is 9.09. The maximum absolute atomic E-state index is 11.8. The van der Waals surface area contributed by atoms with Gasteiger partial charge in [0.05, 0.1) is 0 Å². The van der Waals surface area contributed by atoms with Crippen LogP contribution >= 0.6 is 15.9 Å². The molecule has 0 saturated heterocycles. The van der Waals surface area contributed by atoms with E-state index in [1.54, 1.807) is 0 Å². The lowest BCUT2D eigenvalue weighted by molar-refractivity contribution is -0.127. The van der Waals surface area contributed by atoms with Crippen molar-refractivity contribution in [2.45, 2.75) is 51.5 Å². The second-order valence-corrected chi connectivity index (χ2v) is 5.76. The number of carbonyl (C=O) groups excluding carboxylic acids is 1. The highest BCUT2D eigenvalue weighted by Crippen LogP contribution is 2.33. The Hall–Kier alpha value is -0.0900. The van der Waals surface area contributed by atoms with Crippen LogP contribution in [-0.4, -0.2) is 30.0 Å². The summed E-state index contributed by atoms with van der Waals surface area (Å²) in [6.45, 7) is 5.18. The van der Waals surface area contributed by atoms with E-state index in [0.717, 1.165) is 30.5 Å². The van der Waals surface area contributed by atoms with Crippen molar-refractivity contribution in [1.29, 1.82) is 0 Å². The van der Waals surface area contributed by atoms with E-state index in [-0.39, 0.29) is 18.1 Å². The Morgan fingerprint density at radius 3 is 2.65 bits per heavy atom. The van der Waals surface area contributed by atoms with Crippen LogP contribution in [-0.2, 0) is 9.53 Å². The topological polar surface area (TPSA) is 38.3 Å². The summed E-state index contributed by atoms with van der Waals surface area (Å²) >= 11 is 3.54. The van der Waals surface area contributed by atoms with Gasteiger partial charge < -0.3 is 10.1 Å². The predicted molar refractivity (Wildman–Crippen MR) is 73.4 cm³/mol. The number of alkyl halides is 1. The van der Waals surface area contributed by atoms with Crippen LogP contribution in [0.5, 0.6) is 0 Å². The molecule has 4 heteroatoms. The number of halogens is 1. The van der Waals surface area contributed by atoms with Gasteiger partial charge in [0.25, 0.3) is 0 Å². The second-order valence-electron chi connectivity index (χ2n) is 5.20. The third-order valence-corrected chi connectivity index (χ3v) is 4.55. The number of rotatable bonds is 6. The number of nitrogens with one attached hydrogen (secondary N) is 1. The van der Waals surface area contributed by atoms with Crippen molar-refractivity contribution in [3.63, 3.8) is 0 Å². The summed E-state index contributed by atoms with van der Waals surface area (Å²) in [6.07, 6.45) is 5.48. The Kier molecular flexibility index (Phi) is 6.49. The Bertz CT molecular complexity index is 238. The van der Waals surface area contributed by atoms with E-state index in [1.807, 2.05) is 6.92 Å². The van der Waals surface area contributed by atoms with Crippen LogP contribution in [0.25, 0.3) is 0 Å². The van der Waals surface area contributed by atoms with Gasteiger partial charge in [-0.05, 0) is 38.0 Å². The molecule has 1 N–H and O–H groups in total. The molecule has 0 aromatic rings. The average molecular weight is 306 g/mol.